The van der Waals surface area contributed by atoms with Crippen LogP contribution in [0.2, 0.25) is 5.15 Å². The second-order valence-corrected chi connectivity index (χ2v) is 4.11. The molecule has 1 aromatic carbocycles. The lowest BCUT2D eigenvalue weighted by Gasteiger charge is -2.00. The number of pyridine rings is 1. The molecule has 1 heterocycles. The summed E-state index contributed by atoms with van der Waals surface area (Å²) in [5, 5.41) is 2.87. The van der Waals surface area contributed by atoms with Crippen molar-refractivity contribution in [2.45, 2.75) is 0 Å². The summed E-state index contributed by atoms with van der Waals surface area (Å²) < 4.78 is 12.7. The Morgan fingerprint density at radius 2 is 1.95 bits per heavy atom. The van der Waals surface area contributed by atoms with E-state index in [-0.39, 0.29) is 11.7 Å². The summed E-state index contributed by atoms with van der Waals surface area (Å²) in [5.74, 6) is -0.273. The molecule has 1 N–H and O–H groups in total. The number of aromatic nitrogens is 1. The molecule has 1 amide bonds. The van der Waals surface area contributed by atoms with Crippen molar-refractivity contribution in [3.63, 3.8) is 0 Å². The van der Waals surface area contributed by atoms with Gasteiger partial charge in [0.15, 0.2) is 0 Å². The Kier molecular flexibility index (Phi) is 4.26. The highest BCUT2D eigenvalue weighted by atomic mass is 35.5. The van der Waals surface area contributed by atoms with Gasteiger partial charge in [0.1, 0.15) is 16.8 Å². The minimum absolute atomic E-state index is 0.306. The summed E-state index contributed by atoms with van der Waals surface area (Å²) in [6, 6.07) is 10.8. The summed E-state index contributed by atoms with van der Waals surface area (Å²) in [6.45, 7) is 0. The van der Waals surface area contributed by atoms with E-state index in [9.17, 15) is 9.18 Å². The topological polar surface area (TPSA) is 42.0 Å². The van der Waals surface area contributed by atoms with Crippen molar-refractivity contribution in [1.82, 2.24) is 4.98 Å². The Hall–Kier alpha value is -2.20. The maximum Gasteiger partial charge on any atom is 0.249 e. The molecule has 2 rings (SSSR count). The summed E-state index contributed by atoms with van der Waals surface area (Å²) in [7, 11) is 0. The van der Waals surface area contributed by atoms with E-state index in [1.165, 1.54) is 18.2 Å². The third-order valence-corrected chi connectivity index (χ3v) is 2.47. The molecule has 0 spiro atoms. The highest BCUT2D eigenvalue weighted by molar-refractivity contribution is 6.29. The van der Waals surface area contributed by atoms with E-state index in [1.807, 2.05) is 0 Å². The van der Waals surface area contributed by atoms with Crippen LogP contribution in [0.5, 0.6) is 0 Å². The molecule has 0 atom stereocenters. The lowest BCUT2D eigenvalue weighted by atomic mass is 10.2. The number of amides is 1. The van der Waals surface area contributed by atoms with Crippen LogP contribution in [0.1, 0.15) is 5.56 Å². The third kappa shape index (κ3) is 4.19. The largest absolute Gasteiger partial charge is 0.307 e. The molecule has 96 valence electrons. The fourth-order valence-corrected chi connectivity index (χ4v) is 1.56. The van der Waals surface area contributed by atoms with E-state index < -0.39 is 0 Å². The minimum Gasteiger partial charge on any atom is -0.307 e. The van der Waals surface area contributed by atoms with Gasteiger partial charge in [-0.2, -0.15) is 0 Å². The zero-order chi connectivity index (χ0) is 13.7. The van der Waals surface area contributed by atoms with Crippen molar-refractivity contribution in [2.24, 2.45) is 0 Å². The Morgan fingerprint density at radius 1 is 1.21 bits per heavy atom. The van der Waals surface area contributed by atoms with Gasteiger partial charge in [-0.05, 0) is 35.9 Å². The van der Waals surface area contributed by atoms with Crippen LogP contribution < -0.4 is 5.32 Å². The molecule has 0 aliphatic heterocycles. The van der Waals surface area contributed by atoms with Crippen molar-refractivity contribution in [3.05, 3.63) is 65.1 Å². The molecular formula is C14H10ClFN2O. The van der Waals surface area contributed by atoms with E-state index in [0.717, 1.165) is 5.56 Å². The first kappa shape index (κ1) is 13.2. The van der Waals surface area contributed by atoms with E-state index >= 15 is 0 Å². The number of benzene rings is 1. The SMILES string of the molecule is O=C(/C=C/c1ccc(F)cc1)Nc1cccc(Cl)n1. The van der Waals surface area contributed by atoms with Gasteiger partial charge in [-0.3, -0.25) is 4.79 Å². The average Bonchev–Trinajstić information content (AvgIpc) is 2.38. The van der Waals surface area contributed by atoms with Gasteiger partial charge in [-0.15, -0.1) is 0 Å². The van der Waals surface area contributed by atoms with Crippen LogP contribution in [0.15, 0.2) is 48.5 Å². The van der Waals surface area contributed by atoms with Crippen molar-refractivity contribution in [1.29, 1.82) is 0 Å². The molecule has 3 nitrogen and oxygen atoms in total. The summed E-state index contributed by atoms with van der Waals surface area (Å²) >= 11 is 5.70. The maximum atomic E-state index is 12.7. The number of halogens is 2. The fourth-order valence-electron chi connectivity index (χ4n) is 1.39. The van der Waals surface area contributed by atoms with E-state index in [0.29, 0.717) is 11.0 Å². The molecule has 2 aromatic rings. The highest BCUT2D eigenvalue weighted by Gasteiger charge is 1.99. The van der Waals surface area contributed by atoms with Crippen molar-refractivity contribution in [3.8, 4) is 0 Å². The molecule has 1 aromatic heterocycles. The second-order valence-electron chi connectivity index (χ2n) is 3.72. The standard InChI is InChI=1S/C14H10ClFN2O/c15-12-2-1-3-13(17-12)18-14(19)9-6-10-4-7-11(16)8-5-10/h1-9H,(H,17,18,19)/b9-6+. The number of hydrogen-bond acceptors (Lipinski definition) is 2. The molecule has 0 unspecified atom stereocenters. The molecule has 5 heteroatoms. The molecule has 0 aliphatic rings. The van der Waals surface area contributed by atoms with Gasteiger partial charge in [0.2, 0.25) is 5.91 Å². The van der Waals surface area contributed by atoms with Gasteiger partial charge in [-0.25, -0.2) is 9.37 Å². The number of carbonyl (C=O) groups excluding carboxylic acids is 1. The molecule has 0 saturated carbocycles. The van der Waals surface area contributed by atoms with Crippen LogP contribution >= 0.6 is 11.6 Å². The number of hydrogen-bond donors (Lipinski definition) is 1. The van der Waals surface area contributed by atoms with E-state index in [1.54, 1.807) is 36.4 Å². The van der Waals surface area contributed by atoms with Crippen LogP contribution in [0.4, 0.5) is 10.2 Å². The van der Waals surface area contributed by atoms with Crippen LogP contribution in [0, 0.1) is 5.82 Å². The zero-order valence-corrected chi connectivity index (χ0v) is 10.6. The van der Waals surface area contributed by atoms with E-state index in [4.69, 9.17) is 11.6 Å². The predicted molar refractivity (Wildman–Crippen MR) is 73.3 cm³/mol. The normalized spacial score (nSPS) is 10.6. The number of carbonyl (C=O) groups is 1. The molecule has 0 radical (unpaired) electrons. The van der Waals surface area contributed by atoms with Crippen LogP contribution in [0.25, 0.3) is 6.08 Å². The molecular weight excluding hydrogens is 267 g/mol. The van der Waals surface area contributed by atoms with Gasteiger partial charge < -0.3 is 5.32 Å². The predicted octanol–water partition coefficient (Wildman–Crippen LogP) is 3.53. The zero-order valence-electron chi connectivity index (χ0n) is 9.81. The second kappa shape index (κ2) is 6.11. The van der Waals surface area contributed by atoms with Crippen LogP contribution in [-0.4, -0.2) is 10.9 Å². The van der Waals surface area contributed by atoms with Crippen molar-refractivity contribution in [2.75, 3.05) is 5.32 Å². The average molecular weight is 277 g/mol. The van der Waals surface area contributed by atoms with E-state index in [2.05, 4.69) is 10.3 Å². The number of rotatable bonds is 3. The molecule has 0 aliphatic carbocycles. The Morgan fingerprint density at radius 3 is 2.63 bits per heavy atom. The smallest absolute Gasteiger partial charge is 0.249 e. The Labute approximate surface area is 114 Å². The lowest BCUT2D eigenvalue weighted by Crippen LogP contribution is -2.08. The van der Waals surface area contributed by atoms with Gasteiger partial charge in [-0.1, -0.05) is 29.8 Å². The first-order chi connectivity index (χ1) is 9.13. The van der Waals surface area contributed by atoms with Gasteiger partial charge in [0.05, 0.1) is 0 Å². The summed E-state index contributed by atoms with van der Waals surface area (Å²) in [5.41, 5.74) is 0.732. The fraction of sp³-hybridized carbons (Fsp3) is 0. The van der Waals surface area contributed by atoms with Gasteiger partial charge in [0.25, 0.3) is 0 Å². The summed E-state index contributed by atoms with van der Waals surface area (Å²) in [6.07, 6.45) is 2.93. The van der Waals surface area contributed by atoms with Crippen molar-refractivity contribution >= 4 is 29.4 Å². The number of nitrogens with one attached hydrogen (secondary N) is 1. The highest BCUT2D eigenvalue weighted by Crippen LogP contribution is 2.09. The summed E-state index contributed by atoms with van der Waals surface area (Å²) in [4.78, 5) is 15.5. The Bertz CT molecular complexity index is 611. The molecule has 0 bridgehead atoms. The number of anilines is 1. The van der Waals surface area contributed by atoms with Crippen LogP contribution in [-0.2, 0) is 4.79 Å². The first-order valence-corrected chi connectivity index (χ1v) is 5.88. The Balaban J connectivity index is 1.99. The molecule has 19 heavy (non-hydrogen) atoms. The van der Waals surface area contributed by atoms with Gasteiger partial charge in [0, 0.05) is 6.08 Å². The van der Waals surface area contributed by atoms with Crippen LogP contribution in [0.3, 0.4) is 0 Å². The molecule has 0 fully saturated rings. The van der Waals surface area contributed by atoms with Crippen molar-refractivity contribution < 1.29 is 9.18 Å². The minimum atomic E-state index is -0.334. The molecule has 0 saturated heterocycles. The quantitative estimate of drug-likeness (QED) is 0.688. The van der Waals surface area contributed by atoms with Gasteiger partial charge >= 0.3 is 0 Å². The number of nitrogens with zero attached hydrogens (tertiary/aromatic N) is 1. The first-order valence-electron chi connectivity index (χ1n) is 5.51. The lowest BCUT2D eigenvalue weighted by molar-refractivity contribution is -0.111. The monoisotopic (exact) mass is 276 g/mol. The third-order valence-electron chi connectivity index (χ3n) is 2.26. The maximum absolute atomic E-state index is 12.7.